The number of alkyl halides is 3. The van der Waals surface area contributed by atoms with Crippen LogP contribution in [0.25, 0.3) is 0 Å². The minimum Gasteiger partial charge on any atom is -0.465 e. The molecule has 0 radical (unpaired) electrons. The van der Waals surface area contributed by atoms with Crippen molar-refractivity contribution in [1.82, 2.24) is 0 Å². The minimum atomic E-state index is -4.86. The number of ketones is 1. The molecular formula is C7H9F3O3. The molecule has 0 aliphatic heterocycles. The summed E-state index contributed by atoms with van der Waals surface area (Å²) in [6.07, 6.45) is -4.86. The lowest BCUT2D eigenvalue weighted by molar-refractivity contribution is -0.197. The van der Waals surface area contributed by atoms with E-state index in [-0.39, 0.29) is 6.61 Å². The second-order valence-electron chi connectivity index (χ2n) is 2.34. The van der Waals surface area contributed by atoms with Gasteiger partial charge in [-0.15, -0.1) is 0 Å². The Labute approximate surface area is 72.9 Å². The molecule has 0 fully saturated rings. The first kappa shape index (κ1) is 11.9. The Hall–Kier alpha value is -1.07. The number of carbonyl (C=O) groups excluding carboxylic acids is 2. The standard InChI is InChI=1S/C7H9F3O3/c1-3-13-6(12)5(4(2)11)7(8,9)10/h5H,3H2,1-2H3/t5-/m1/s1. The average molecular weight is 198 g/mol. The van der Waals surface area contributed by atoms with Gasteiger partial charge in [0, 0.05) is 0 Å². The van der Waals surface area contributed by atoms with E-state index in [0.717, 1.165) is 0 Å². The van der Waals surface area contributed by atoms with Crippen molar-refractivity contribution in [1.29, 1.82) is 0 Å². The molecule has 0 aliphatic rings. The fourth-order valence-electron chi connectivity index (χ4n) is 0.756. The number of hydrogen-bond donors (Lipinski definition) is 0. The Morgan fingerprint density at radius 1 is 1.38 bits per heavy atom. The molecule has 0 aliphatic carbocycles. The van der Waals surface area contributed by atoms with E-state index in [2.05, 4.69) is 4.74 Å². The van der Waals surface area contributed by atoms with Crippen LogP contribution in [0.1, 0.15) is 13.8 Å². The molecule has 0 heterocycles. The number of hydrogen-bond acceptors (Lipinski definition) is 3. The molecule has 0 amide bonds. The second-order valence-corrected chi connectivity index (χ2v) is 2.34. The maximum absolute atomic E-state index is 12.0. The Balaban J connectivity index is 4.63. The molecule has 0 bridgehead atoms. The Morgan fingerprint density at radius 2 is 1.85 bits per heavy atom. The monoisotopic (exact) mass is 198 g/mol. The molecule has 13 heavy (non-hydrogen) atoms. The lowest BCUT2D eigenvalue weighted by Gasteiger charge is -2.15. The van der Waals surface area contributed by atoms with Crippen LogP contribution < -0.4 is 0 Å². The van der Waals surface area contributed by atoms with E-state index in [1.165, 1.54) is 6.92 Å². The molecule has 6 heteroatoms. The van der Waals surface area contributed by atoms with E-state index in [4.69, 9.17) is 0 Å². The summed E-state index contributed by atoms with van der Waals surface area (Å²) in [4.78, 5) is 21.2. The van der Waals surface area contributed by atoms with Gasteiger partial charge in [-0.1, -0.05) is 0 Å². The Bertz CT molecular complexity index is 210. The zero-order valence-corrected chi connectivity index (χ0v) is 7.14. The summed E-state index contributed by atoms with van der Waals surface area (Å²) in [5.74, 6) is -5.44. The maximum Gasteiger partial charge on any atom is 0.409 e. The first-order valence-corrected chi connectivity index (χ1v) is 3.54. The highest BCUT2D eigenvalue weighted by atomic mass is 19.4. The molecule has 0 aromatic rings. The van der Waals surface area contributed by atoms with Gasteiger partial charge in [0.05, 0.1) is 6.61 Å². The molecule has 0 aromatic carbocycles. The largest absolute Gasteiger partial charge is 0.465 e. The summed E-state index contributed by atoms with van der Waals surface area (Å²) in [6.45, 7) is 1.89. The van der Waals surface area contributed by atoms with Crippen molar-refractivity contribution in [2.45, 2.75) is 20.0 Å². The number of Topliss-reactive ketones (excluding diaryl/α,β-unsaturated/α-hetero) is 1. The zero-order chi connectivity index (χ0) is 10.6. The molecule has 0 aromatic heterocycles. The quantitative estimate of drug-likeness (QED) is 0.507. The molecule has 0 rings (SSSR count). The predicted octanol–water partition coefficient (Wildman–Crippen LogP) is 1.32. The van der Waals surface area contributed by atoms with Crippen molar-refractivity contribution < 1.29 is 27.5 Å². The van der Waals surface area contributed by atoms with Gasteiger partial charge in [0.25, 0.3) is 0 Å². The van der Waals surface area contributed by atoms with Crippen LogP contribution in [0.3, 0.4) is 0 Å². The fourth-order valence-corrected chi connectivity index (χ4v) is 0.756. The van der Waals surface area contributed by atoms with Crippen LogP contribution in [0.2, 0.25) is 0 Å². The number of ether oxygens (including phenoxy) is 1. The van der Waals surface area contributed by atoms with Gasteiger partial charge in [-0.25, -0.2) is 0 Å². The highest BCUT2D eigenvalue weighted by Crippen LogP contribution is 2.27. The molecule has 0 saturated heterocycles. The summed E-state index contributed by atoms with van der Waals surface area (Å²) < 4.78 is 40.2. The van der Waals surface area contributed by atoms with Crippen LogP contribution in [0.5, 0.6) is 0 Å². The Morgan fingerprint density at radius 3 is 2.08 bits per heavy atom. The van der Waals surface area contributed by atoms with Crippen LogP contribution in [-0.4, -0.2) is 24.5 Å². The van der Waals surface area contributed by atoms with E-state index in [9.17, 15) is 22.8 Å². The van der Waals surface area contributed by atoms with Crippen molar-refractivity contribution in [3.05, 3.63) is 0 Å². The van der Waals surface area contributed by atoms with Gasteiger partial charge in [-0.05, 0) is 13.8 Å². The van der Waals surface area contributed by atoms with E-state index in [0.29, 0.717) is 6.92 Å². The maximum atomic E-state index is 12.0. The van der Waals surface area contributed by atoms with Gasteiger partial charge in [0.2, 0.25) is 5.92 Å². The zero-order valence-electron chi connectivity index (χ0n) is 7.14. The van der Waals surface area contributed by atoms with E-state index < -0.39 is 23.8 Å². The summed E-state index contributed by atoms with van der Waals surface area (Å²) in [7, 11) is 0. The first-order chi connectivity index (χ1) is 5.80. The van der Waals surface area contributed by atoms with Crippen molar-refractivity contribution >= 4 is 11.8 Å². The SMILES string of the molecule is CCOC(=O)[C@@H](C(C)=O)C(F)(F)F. The number of carbonyl (C=O) groups is 2. The molecule has 76 valence electrons. The van der Waals surface area contributed by atoms with Gasteiger partial charge < -0.3 is 4.74 Å². The van der Waals surface area contributed by atoms with Gasteiger partial charge in [0.15, 0.2) is 5.78 Å². The number of esters is 1. The van der Waals surface area contributed by atoms with E-state index >= 15 is 0 Å². The number of rotatable bonds is 3. The Kier molecular flexibility index (Phi) is 3.90. The van der Waals surface area contributed by atoms with Gasteiger partial charge in [-0.3, -0.25) is 9.59 Å². The molecule has 0 saturated carbocycles. The van der Waals surface area contributed by atoms with Crippen molar-refractivity contribution in [3.63, 3.8) is 0 Å². The van der Waals surface area contributed by atoms with Crippen molar-refractivity contribution in [2.75, 3.05) is 6.61 Å². The van der Waals surface area contributed by atoms with Gasteiger partial charge in [-0.2, -0.15) is 13.2 Å². The lowest BCUT2D eigenvalue weighted by atomic mass is 10.1. The van der Waals surface area contributed by atoms with Crippen LogP contribution >= 0.6 is 0 Å². The summed E-state index contributed by atoms with van der Waals surface area (Å²) >= 11 is 0. The fraction of sp³-hybridized carbons (Fsp3) is 0.714. The lowest BCUT2D eigenvalue weighted by Crippen LogP contribution is -2.37. The second kappa shape index (κ2) is 4.25. The van der Waals surface area contributed by atoms with Crippen LogP contribution in [0, 0.1) is 5.92 Å². The molecule has 3 nitrogen and oxygen atoms in total. The van der Waals surface area contributed by atoms with Gasteiger partial charge in [0.1, 0.15) is 0 Å². The predicted molar refractivity (Wildman–Crippen MR) is 36.9 cm³/mol. The van der Waals surface area contributed by atoms with Crippen LogP contribution in [0.15, 0.2) is 0 Å². The molecule has 0 spiro atoms. The third kappa shape index (κ3) is 3.43. The third-order valence-electron chi connectivity index (χ3n) is 1.26. The van der Waals surface area contributed by atoms with Crippen LogP contribution in [0.4, 0.5) is 13.2 Å². The summed E-state index contributed by atoms with van der Waals surface area (Å²) in [6, 6.07) is 0. The third-order valence-corrected chi connectivity index (χ3v) is 1.26. The van der Waals surface area contributed by atoms with E-state index in [1.807, 2.05) is 0 Å². The molecule has 1 atom stereocenters. The summed E-state index contributed by atoms with van der Waals surface area (Å²) in [5.41, 5.74) is 0. The van der Waals surface area contributed by atoms with Crippen molar-refractivity contribution in [3.8, 4) is 0 Å². The molecule has 0 unspecified atom stereocenters. The molecule has 0 N–H and O–H groups in total. The van der Waals surface area contributed by atoms with Crippen molar-refractivity contribution in [2.24, 2.45) is 5.92 Å². The first-order valence-electron chi connectivity index (χ1n) is 3.54. The van der Waals surface area contributed by atoms with Crippen LogP contribution in [-0.2, 0) is 14.3 Å². The van der Waals surface area contributed by atoms with Gasteiger partial charge >= 0.3 is 12.1 Å². The minimum absolute atomic E-state index is 0.182. The summed E-state index contributed by atoms with van der Waals surface area (Å²) in [5, 5.41) is 0. The number of halogens is 3. The highest BCUT2D eigenvalue weighted by Gasteiger charge is 2.49. The topological polar surface area (TPSA) is 43.4 Å². The highest BCUT2D eigenvalue weighted by molar-refractivity contribution is 5.98. The average Bonchev–Trinajstić information content (AvgIpc) is 1.82. The normalized spacial score (nSPS) is 13.6. The smallest absolute Gasteiger partial charge is 0.409 e. The van der Waals surface area contributed by atoms with E-state index in [1.54, 1.807) is 0 Å². The molecular weight excluding hydrogens is 189 g/mol.